The maximum atomic E-state index is 10.6. The van der Waals surface area contributed by atoms with E-state index in [4.69, 9.17) is 16.3 Å². The Balaban J connectivity index is 3.15. The van der Waals surface area contributed by atoms with Crippen molar-refractivity contribution in [2.24, 2.45) is 0 Å². The fourth-order valence-electron chi connectivity index (χ4n) is 2.86. The van der Waals surface area contributed by atoms with Gasteiger partial charge in [-0.1, -0.05) is 84.0 Å². The van der Waals surface area contributed by atoms with Gasteiger partial charge >= 0.3 is 5.97 Å². The monoisotopic (exact) mass is 346 g/mol. The van der Waals surface area contributed by atoms with Crippen LogP contribution in [0.4, 0.5) is 0 Å². The Morgan fingerprint density at radius 3 is 1.70 bits per heavy atom. The van der Waals surface area contributed by atoms with Gasteiger partial charge in [0.1, 0.15) is 0 Å². The Labute approximate surface area is 149 Å². The molecule has 1 unspecified atom stereocenters. The van der Waals surface area contributed by atoms with Gasteiger partial charge in [0.2, 0.25) is 0 Å². The van der Waals surface area contributed by atoms with Crippen molar-refractivity contribution in [1.29, 1.82) is 0 Å². The average Bonchev–Trinajstić information content (AvgIpc) is 2.52. The fraction of sp³-hybridized carbons (Fsp3) is 0.950. The number of hydrogen-bond acceptors (Lipinski definition) is 2. The first kappa shape index (κ1) is 22.8. The van der Waals surface area contributed by atoms with Gasteiger partial charge in [-0.2, -0.15) is 0 Å². The van der Waals surface area contributed by atoms with Crippen LogP contribution in [0.15, 0.2) is 0 Å². The predicted molar refractivity (Wildman–Crippen MR) is 101 cm³/mol. The van der Waals surface area contributed by atoms with E-state index in [1.54, 1.807) is 0 Å². The van der Waals surface area contributed by atoms with Crippen LogP contribution in [0.3, 0.4) is 0 Å². The Bertz CT molecular complexity index is 256. The minimum Gasteiger partial charge on any atom is -0.466 e. The van der Waals surface area contributed by atoms with Crippen LogP contribution < -0.4 is 0 Å². The highest BCUT2D eigenvalue weighted by Crippen LogP contribution is 2.18. The molecular formula is C20H39ClO2. The van der Waals surface area contributed by atoms with Crippen LogP contribution in [-0.2, 0) is 9.53 Å². The first-order valence-corrected chi connectivity index (χ1v) is 10.4. The molecule has 23 heavy (non-hydrogen) atoms. The third kappa shape index (κ3) is 19.7. The van der Waals surface area contributed by atoms with E-state index < -0.39 is 0 Å². The molecule has 0 aliphatic rings. The van der Waals surface area contributed by atoms with Crippen LogP contribution in [0.2, 0.25) is 0 Å². The fourth-order valence-corrected chi connectivity index (χ4v) is 3.17. The van der Waals surface area contributed by atoms with E-state index in [0.717, 1.165) is 12.8 Å². The van der Waals surface area contributed by atoms with Gasteiger partial charge in [0, 0.05) is 12.3 Å². The summed E-state index contributed by atoms with van der Waals surface area (Å²) in [6.07, 6.45) is 19.2. The van der Waals surface area contributed by atoms with Crippen LogP contribution in [0, 0.1) is 0 Å². The lowest BCUT2D eigenvalue weighted by Gasteiger charge is -2.09. The van der Waals surface area contributed by atoms with E-state index in [9.17, 15) is 4.79 Å². The van der Waals surface area contributed by atoms with E-state index in [1.807, 2.05) is 0 Å². The van der Waals surface area contributed by atoms with Crippen molar-refractivity contribution in [3.8, 4) is 0 Å². The molecule has 0 fully saturated rings. The third-order valence-electron chi connectivity index (χ3n) is 4.34. The molecule has 0 N–H and O–H groups in total. The first-order chi connectivity index (χ1) is 11.2. The zero-order valence-corrected chi connectivity index (χ0v) is 16.3. The molecule has 0 heterocycles. The number of carbonyl (C=O) groups is 1. The number of halogens is 1. The number of rotatable bonds is 17. The maximum absolute atomic E-state index is 10.6. The molecule has 0 aromatic carbocycles. The highest BCUT2D eigenvalue weighted by molar-refractivity contribution is 6.20. The molecule has 0 saturated carbocycles. The molecule has 3 heteroatoms. The zero-order valence-electron chi connectivity index (χ0n) is 15.6. The molecule has 2 nitrogen and oxygen atoms in total. The number of unbranched alkanes of at least 4 members (excludes halogenated alkanes) is 11. The Kier molecular flexibility index (Phi) is 17.9. The molecule has 0 aromatic rings. The number of carbonyl (C=O) groups excluding carboxylic acids is 1. The highest BCUT2D eigenvalue weighted by atomic mass is 35.5. The van der Waals surface area contributed by atoms with Gasteiger partial charge in [0.05, 0.1) is 6.61 Å². The molecule has 0 saturated heterocycles. The second kappa shape index (κ2) is 18.1. The van der Waals surface area contributed by atoms with E-state index in [1.165, 1.54) is 90.4 Å². The van der Waals surface area contributed by atoms with Crippen molar-refractivity contribution in [2.45, 2.75) is 116 Å². The van der Waals surface area contributed by atoms with Gasteiger partial charge in [-0.05, 0) is 19.3 Å². The molecule has 0 bridgehead atoms. The van der Waals surface area contributed by atoms with Crippen molar-refractivity contribution in [3.05, 3.63) is 0 Å². The number of alkyl halides is 1. The lowest BCUT2D eigenvalue weighted by atomic mass is 10.0. The van der Waals surface area contributed by atoms with Gasteiger partial charge in [-0.3, -0.25) is 4.79 Å². The molecule has 0 aliphatic carbocycles. The van der Waals surface area contributed by atoms with Crippen molar-refractivity contribution < 1.29 is 9.53 Å². The van der Waals surface area contributed by atoms with Crippen molar-refractivity contribution in [1.82, 2.24) is 0 Å². The van der Waals surface area contributed by atoms with E-state index in [-0.39, 0.29) is 5.97 Å². The van der Waals surface area contributed by atoms with Crippen LogP contribution in [0.5, 0.6) is 0 Å². The van der Waals surface area contributed by atoms with Gasteiger partial charge in [0.15, 0.2) is 0 Å². The normalized spacial score (nSPS) is 12.3. The third-order valence-corrected chi connectivity index (χ3v) is 4.77. The maximum Gasteiger partial charge on any atom is 0.302 e. The summed E-state index contributed by atoms with van der Waals surface area (Å²) in [5.74, 6) is -0.167. The molecule has 0 rings (SSSR count). The largest absolute Gasteiger partial charge is 0.466 e. The minimum absolute atomic E-state index is 0.167. The van der Waals surface area contributed by atoms with Gasteiger partial charge in [0.25, 0.3) is 0 Å². The summed E-state index contributed by atoms with van der Waals surface area (Å²) in [5.41, 5.74) is 0. The molecule has 138 valence electrons. The van der Waals surface area contributed by atoms with Crippen molar-refractivity contribution in [3.63, 3.8) is 0 Å². The Hall–Kier alpha value is -0.240. The lowest BCUT2D eigenvalue weighted by molar-refractivity contribution is -0.141. The molecule has 0 amide bonds. The summed E-state index contributed by atoms with van der Waals surface area (Å²) in [5, 5.41) is 0.384. The van der Waals surface area contributed by atoms with Gasteiger partial charge in [-0.25, -0.2) is 0 Å². The van der Waals surface area contributed by atoms with Gasteiger partial charge < -0.3 is 4.74 Å². The summed E-state index contributed by atoms with van der Waals surface area (Å²) in [7, 11) is 0. The predicted octanol–water partition coefficient (Wildman–Crippen LogP) is 7.03. The van der Waals surface area contributed by atoms with Crippen LogP contribution in [-0.4, -0.2) is 18.0 Å². The number of ether oxygens (including phenoxy) is 1. The summed E-state index contributed by atoms with van der Waals surface area (Å²) < 4.78 is 4.92. The van der Waals surface area contributed by atoms with Crippen molar-refractivity contribution >= 4 is 17.6 Å². The van der Waals surface area contributed by atoms with E-state index in [2.05, 4.69) is 6.92 Å². The van der Waals surface area contributed by atoms with Crippen LogP contribution in [0.25, 0.3) is 0 Å². The first-order valence-electron chi connectivity index (χ1n) is 9.94. The average molecular weight is 347 g/mol. The Morgan fingerprint density at radius 1 is 0.783 bits per heavy atom. The number of esters is 1. The summed E-state index contributed by atoms with van der Waals surface area (Å²) in [4.78, 5) is 10.6. The Morgan fingerprint density at radius 2 is 1.22 bits per heavy atom. The topological polar surface area (TPSA) is 26.3 Å². The molecule has 1 atom stereocenters. The second-order valence-corrected chi connectivity index (χ2v) is 7.37. The van der Waals surface area contributed by atoms with E-state index in [0.29, 0.717) is 12.0 Å². The SMILES string of the molecule is CCCCCCCCCC(Cl)CCCCCCCCOC(C)=O. The number of hydrogen-bond donors (Lipinski definition) is 0. The van der Waals surface area contributed by atoms with Crippen LogP contribution >= 0.6 is 11.6 Å². The lowest BCUT2D eigenvalue weighted by Crippen LogP contribution is -2.00. The quantitative estimate of drug-likeness (QED) is 0.160. The van der Waals surface area contributed by atoms with Crippen LogP contribution in [0.1, 0.15) is 110 Å². The summed E-state index contributed by atoms with van der Waals surface area (Å²) in [6, 6.07) is 0. The zero-order chi connectivity index (χ0) is 17.2. The molecular weight excluding hydrogens is 308 g/mol. The standard InChI is InChI=1S/C20H39ClO2/c1-3-4-5-6-7-10-13-16-20(21)17-14-11-8-9-12-15-18-23-19(2)22/h20H,3-18H2,1-2H3. The summed E-state index contributed by atoms with van der Waals surface area (Å²) >= 11 is 6.41. The summed E-state index contributed by atoms with van der Waals surface area (Å²) in [6.45, 7) is 4.31. The highest BCUT2D eigenvalue weighted by Gasteiger charge is 2.04. The molecule has 0 aromatic heterocycles. The van der Waals surface area contributed by atoms with Crippen molar-refractivity contribution in [2.75, 3.05) is 6.61 Å². The molecule has 0 aliphatic heterocycles. The molecule has 0 spiro atoms. The molecule has 0 radical (unpaired) electrons. The van der Waals surface area contributed by atoms with E-state index >= 15 is 0 Å². The second-order valence-electron chi connectivity index (χ2n) is 6.76. The minimum atomic E-state index is -0.167. The van der Waals surface area contributed by atoms with Gasteiger partial charge in [-0.15, -0.1) is 11.6 Å². The smallest absolute Gasteiger partial charge is 0.302 e.